The molecule has 0 bridgehead atoms. The van der Waals surface area contributed by atoms with Crippen LogP contribution in [0.4, 0.5) is 0 Å². The molecule has 0 saturated carbocycles. The molecule has 422 valence electrons. The number of carbonyl (C=O) groups is 3. The lowest BCUT2D eigenvalue weighted by Gasteiger charge is -2.32. The van der Waals surface area contributed by atoms with Crippen LogP contribution in [0, 0.1) is 0 Å². The first-order chi connectivity index (χ1) is 36.1. The number of aromatic amines is 3. The molecule has 0 radical (unpaired) electrons. The molecule has 14 atom stereocenters. The summed E-state index contributed by atoms with van der Waals surface area (Å²) in [5.41, 5.74) is -5.53. The molecule has 0 aromatic carbocycles. The lowest BCUT2D eigenvalue weighted by Crippen LogP contribution is -2.42. The maximum absolute atomic E-state index is 13.9. The largest absolute Gasteiger partial charge is 0.756 e. The zero-order chi connectivity index (χ0) is 55.5. The van der Waals surface area contributed by atoms with E-state index in [2.05, 4.69) is 16.0 Å². The van der Waals surface area contributed by atoms with Crippen LogP contribution in [-0.4, -0.2) is 184 Å². The Kier molecular flexibility index (Phi) is 20.9. The molecule has 0 aliphatic carbocycles. The highest BCUT2D eigenvalue weighted by Crippen LogP contribution is 2.49. The first-order valence-electron chi connectivity index (χ1n) is 23.0. The van der Waals surface area contributed by atoms with Gasteiger partial charge in [0.2, 0.25) is 17.7 Å². The van der Waals surface area contributed by atoms with Crippen LogP contribution >= 0.6 is 15.4 Å². The van der Waals surface area contributed by atoms with E-state index in [-0.39, 0.29) is 32.5 Å². The summed E-state index contributed by atoms with van der Waals surface area (Å²) < 4.78 is 87.0. The van der Waals surface area contributed by atoms with Gasteiger partial charge in [-0.25, -0.2) is 14.4 Å². The topological polar surface area (TPSA) is 462 Å². The SMILES string of the molecule is CNC(=O)CCO[C@H]1C(O)[C@@H](COP(=O)([O-])OC2[C@@H](COP(=O)(O)COC3[C@@H](CO)O[C@@H](n4ccc(=O)[nH]c4=O)[C@H]3OCCC(=O)NC)O[C@@H](n3ccc(=O)[nH]c3=O)[C@H]2OCCC(=O)NC)O[C@H]1n1ccc(=O)[nH]c1=O. The molecule has 3 aromatic heterocycles. The van der Waals surface area contributed by atoms with E-state index >= 15 is 0 Å². The first-order valence-corrected chi connectivity index (χ1v) is 26.2. The lowest BCUT2D eigenvalue weighted by molar-refractivity contribution is -0.237. The van der Waals surface area contributed by atoms with Gasteiger partial charge in [0.25, 0.3) is 24.5 Å². The van der Waals surface area contributed by atoms with Gasteiger partial charge >= 0.3 is 24.7 Å². The average molecular weight is 1120 g/mol. The second kappa shape index (κ2) is 26.6. The van der Waals surface area contributed by atoms with Crippen LogP contribution in [0.5, 0.6) is 0 Å². The van der Waals surface area contributed by atoms with E-state index in [1.165, 1.54) is 21.1 Å². The maximum atomic E-state index is 13.9. The van der Waals surface area contributed by atoms with Crippen LogP contribution in [0.15, 0.2) is 65.6 Å². The molecular weight excluding hydrogens is 1070 g/mol. The van der Waals surface area contributed by atoms with Gasteiger partial charge in [-0.05, 0) is 0 Å². The quantitative estimate of drug-likeness (QED) is 0.0321. The number of aromatic nitrogens is 6. The molecule has 0 spiro atoms. The zero-order valence-electron chi connectivity index (χ0n) is 40.5. The fraction of sp³-hybridized carbons (Fsp3) is 0.625. The van der Waals surface area contributed by atoms with Crippen LogP contribution in [0.25, 0.3) is 0 Å². The lowest BCUT2D eigenvalue weighted by atomic mass is 10.1. The van der Waals surface area contributed by atoms with Crippen molar-refractivity contribution < 1.29 is 90.2 Å². The Morgan fingerprint density at radius 2 is 1.00 bits per heavy atom. The molecule has 5 unspecified atom stereocenters. The molecule has 76 heavy (non-hydrogen) atoms. The van der Waals surface area contributed by atoms with E-state index in [1.54, 1.807) is 0 Å². The maximum Gasteiger partial charge on any atom is 0.353 e. The van der Waals surface area contributed by atoms with E-state index in [0.29, 0.717) is 0 Å². The van der Waals surface area contributed by atoms with Crippen LogP contribution in [0.3, 0.4) is 0 Å². The van der Waals surface area contributed by atoms with E-state index < -0.39 is 173 Å². The molecule has 3 aromatic rings. The number of nitrogens with zero attached hydrogens (tertiary/aromatic N) is 3. The number of H-pyrrole nitrogens is 3. The number of ether oxygens (including phenoxy) is 7. The summed E-state index contributed by atoms with van der Waals surface area (Å²) in [6.45, 7) is -4.14. The number of hydrogen-bond acceptors (Lipinski definition) is 24. The predicted octanol–water partition coefficient (Wildman–Crippen LogP) is -6.34. The molecule has 34 nitrogen and oxygen atoms in total. The van der Waals surface area contributed by atoms with Crippen molar-refractivity contribution in [3.05, 3.63) is 99.3 Å². The van der Waals surface area contributed by atoms with Crippen molar-refractivity contribution >= 4 is 33.1 Å². The molecule has 9 N–H and O–H groups in total. The molecule has 6 heterocycles. The normalized spacial score (nSPS) is 27.9. The van der Waals surface area contributed by atoms with Gasteiger partial charge in [-0.2, -0.15) is 0 Å². The van der Waals surface area contributed by atoms with Crippen molar-refractivity contribution in [2.24, 2.45) is 0 Å². The third-order valence-electron chi connectivity index (χ3n) is 11.7. The Hall–Kier alpha value is -5.65. The highest BCUT2D eigenvalue weighted by Gasteiger charge is 2.52. The van der Waals surface area contributed by atoms with Gasteiger partial charge in [-0.3, -0.25) is 66.6 Å². The van der Waals surface area contributed by atoms with Gasteiger partial charge in [-0.1, -0.05) is 0 Å². The smallest absolute Gasteiger partial charge is 0.353 e. The number of nitrogens with one attached hydrogen (secondary N) is 6. The molecule has 3 amide bonds. The third kappa shape index (κ3) is 15.3. The predicted molar refractivity (Wildman–Crippen MR) is 248 cm³/mol. The highest BCUT2D eigenvalue weighted by atomic mass is 31.2. The monoisotopic (exact) mass is 1120 g/mol. The number of amides is 3. The summed E-state index contributed by atoms with van der Waals surface area (Å²) in [5, 5.41) is 28.7. The van der Waals surface area contributed by atoms with Crippen molar-refractivity contribution in [2.45, 2.75) is 92.9 Å². The van der Waals surface area contributed by atoms with Crippen molar-refractivity contribution in [3.63, 3.8) is 0 Å². The van der Waals surface area contributed by atoms with Gasteiger partial charge in [-0.15, -0.1) is 0 Å². The Labute approximate surface area is 426 Å². The Morgan fingerprint density at radius 1 is 0.605 bits per heavy atom. The number of hydrogen-bond donors (Lipinski definition) is 9. The molecular formula is C40H56N9O25P2-. The molecule has 6 rings (SSSR count). The standard InChI is InChI=1S/C40H57N9O25P2/c1-41-23(51)7-13-65-32-29(57)21(72-35(32)47-10-4-26(54)44-38(47)58)17-70-76(63,64)74-31-22(73-37(34(31)67-15-9-25(53)43-3)49-12-6-28(56)46-40(49)60)18-69-75(61,62)19-68-30-20(16-50)71-36(33(30)66-14-8-24(52)42-2)48-11-5-27(55)45-39(48)59/h4-6,10-12,20-22,29-37,50,57H,7-9,13-19H2,1-3H3,(H,41,51)(H,42,52)(H,43,53)(H,61,62)(H,63,64)(H,44,54,58)(H,45,55,59)(H,46,56,60)/p-1/t20-,21-,22-,29?,30?,31?,32+,33+,34+,35-,36-,37-/m1/s1. The zero-order valence-corrected chi connectivity index (χ0v) is 42.3. The molecule has 3 fully saturated rings. The summed E-state index contributed by atoms with van der Waals surface area (Å²) in [6.07, 6.45) is -18.6. The van der Waals surface area contributed by atoms with Crippen LogP contribution in [-0.2, 0) is 70.2 Å². The minimum atomic E-state index is -5.79. The Balaban J connectivity index is 1.24. The summed E-state index contributed by atoms with van der Waals surface area (Å²) >= 11 is 0. The van der Waals surface area contributed by atoms with E-state index in [1.807, 2.05) is 15.0 Å². The third-order valence-corrected chi connectivity index (χ3v) is 13.7. The fourth-order valence-electron chi connectivity index (χ4n) is 7.96. The molecule has 3 aliphatic heterocycles. The van der Waals surface area contributed by atoms with Crippen molar-refractivity contribution in [3.8, 4) is 0 Å². The molecule has 3 saturated heterocycles. The molecule has 3 aliphatic rings. The Bertz CT molecular complexity index is 2960. The summed E-state index contributed by atoms with van der Waals surface area (Å²) in [4.78, 5) is 142. The number of carbonyl (C=O) groups excluding carboxylic acids is 3. The number of rotatable bonds is 27. The summed E-state index contributed by atoms with van der Waals surface area (Å²) in [6, 6.07) is 2.83. The van der Waals surface area contributed by atoms with Crippen LogP contribution in [0.1, 0.15) is 37.9 Å². The summed E-state index contributed by atoms with van der Waals surface area (Å²) in [5.74, 6) is -1.48. The van der Waals surface area contributed by atoms with Gasteiger partial charge in [0, 0.05) is 77.2 Å². The average Bonchev–Trinajstić information content (AvgIpc) is 4.01. The number of aliphatic hydroxyl groups is 2. The highest BCUT2D eigenvalue weighted by molar-refractivity contribution is 7.52. The molecule has 36 heteroatoms. The number of phosphoric ester groups is 1. The summed E-state index contributed by atoms with van der Waals surface area (Å²) in [7, 11) is -6.84. The van der Waals surface area contributed by atoms with E-state index in [9.17, 15) is 72.3 Å². The second-order valence-corrected chi connectivity index (χ2v) is 19.9. The van der Waals surface area contributed by atoms with E-state index in [4.69, 9.17) is 46.7 Å². The fourth-order valence-corrected chi connectivity index (χ4v) is 9.72. The second-order valence-electron chi connectivity index (χ2n) is 16.7. The van der Waals surface area contributed by atoms with Gasteiger partial charge < -0.3 is 82.7 Å². The Morgan fingerprint density at radius 3 is 1.43 bits per heavy atom. The van der Waals surface area contributed by atoms with Crippen LogP contribution in [0.2, 0.25) is 0 Å². The van der Waals surface area contributed by atoms with Gasteiger partial charge in [0.05, 0.1) is 39.6 Å². The number of phosphoric acid groups is 1. The van der Waals surface area contributed by atoms with E-state index in [0.717, 1.165) is 50.5 Å². The van der Waals surface area contributed by atoms with Crippen molar-refractivity contribution in [1.82, 2.24) is 44.6 Å². The van der Waals surface area contributed by atoms with Gasteiger partial charge in [0.1, 0.15) is 61.3 Å². The van der Waals surface area contributed by atoms with Crippen molar-refractivity contribution in [2.75, 3.05) is 67.1 Å². The van der Waals surface area contributed by atoms with Gasteiger partial charge in [0.15, 0.2) is 18.7 Å². The van der Waals surface area contributed by atoms with Crippen molar-refractivity contribution in [1.29, 1.82) is 0 Å². The van der Waals surface area contributed by atoms with Crippen LogP contribution < -0.4 is 54.6 Å². The minimum Gasteiger partial charge on any atom is -0.756 e. The first kappa shape index (κ1) is 59.6. The number of aliphatic hydroxyl groups excluding tert-OH is 2. The minimum absolute atomic E-state index is 0.219.